The lowest BCUT2D eigenvalue weighted by molar-refractivity contribution is 0.815. The smallest absolute Gasteiger partial charge is 0.130 e. The zero-order valence-corrected chi connectivity index (χ0v) is 8.59. The fourth-order valence-corrected chi connectivity index (χ4v) is 1.20. The van der Waals surface area contributed by atoms with Crippen LogP contribution in [0.1, 0.15) is 31.8 Å². The van der Waals surface area contributed by atoms with Crippen LogP contribution in [0.3, 0.4) is 0 Å². The van der Waals surface area contributed by atoms with Crippen LogP contribution in [0.5, 0.6) is 0 Å². The third-order valence-electron chi connectivity index (χ3n) is 1.92. The van der Waals surface area contributed by atoms with Crippen molar-refractivity contribution in [3.63, 3.8) is 0 Å². The van der Waals surface area contributed by atoms with Crippen molar-refractivity contribution in [2.45, 2.75) is 33.1 Å². The summed E-state index contributed by atoms with van der Waals surface area (Å²) in [5, 5.41) is 3.05. The van der Waals surface area contributed by atoms with E-state index in [1.165, 1.54) is 0 Å². The Balaban J connectivity index is 2.93. The van der Waals surface area contributed by atoms with E-state index in [1.54, 1.807) is 0 Å². The molecule has 1 heterocycles. The Bertz CT molecular complexity index is 249. The van der Waals surface area contributed by atoms with Crippen LogP contribution in [0.2, 0.25) is 0 Å². The number of aryl methyl sites for hydroxylation is 2. The molecule has 3 heteroatoms. The third-order valence-corrected chi connectivity index (χ3v) is 1.92. The minimum Gasteiger partial charge on any atom is -0.373 e. The molecule has 0 radical (unpaired) electrons. The molecule has 0 saturated carbocycles. The normalized spacial score (nSPS) is 10.1. The predicted molar refractivity (Wildman–Crippen MR) is 55.0 cm³/mol. The molecule has 1 aromatic rings. The summed E-state index contributed by atoms with van der Waals surface area (Å²) < 4.78 is 0. The van der Waals surface area contributed by atoms with E-state index in [4.69, 9.17) is 0 Å². The molecular weight excluding hydrogens is 162 g/mol. The second kappa shape index (κ2) is 4.80. The minimum absolute atomic E-state index is 0.926. The minimum atomic E-state index is 0.926. The van der Waals surface area contributed by atoms with Crippen LogP contribution in [0, 0.1) is 0 Å². The van der Waals surface area contributed by atoms with Crippen molar-refractivity contribution in [2.24, 2.45) is 0 Å². The van der Waals surface area contributed by atoms with E-state index in [0.717, 1.165) is 36.6 Å². The molecule has 0 bridgehead atoms. The maximum absolute atomic E-state index is 4.44. The molecule has 0 aliphatic carbocycles. The molecule has 13 heavy (non-hydrogen) atoms. The zero-order chi connectivity index (χ0) is 9.68. The number of hydrogen-bond acceptors (Lipinski definition) is 3. The van der Waals surface area contributed by atoms with E-state index in [-0.39, 0.29) is 0 Å². The summed E-state index contributed by atoms with van der Waals surface area (Å²) in [4.78, 5) is 8.81. The summed E-state index contributed by atoms with van der Waals surface area (Å²) >= 11 is 0. The lowest BCUT2D eigenvalue weighted by Gasteiger charge is -2.05. The van der Waals surface area contributed by atoms with Crippen molar-refractivity contribution < 1.29 is 0 Å². The van der Waals surface area contributed by atoms with Crippen LogP contribution in [0.25, 0.3) is 0 Å². The van der Waals surface area contributed by atoms with Crippen LogP contribution in [-0.4, -0.2) is 17.0 Å². The van der Waals surface area contributed by atoms with Gasteiger partial charge in [-0.25, -0.2) is 9.97 Å². The Morgan fingerprint density at radius 2 is 2.08 bits per heavy atom. The van der Waals surface area contributed by atoms with Crippen molar-refractivity contribution in [1.82, 2.24) is 9.97 Å². The van der Waals surface area contributed by atoms with Gasteiger partial charge in [0, 0.05) is 25.2 Å². The number of aromatic nitrogens is 2. The molecular formula is C10H17N3. The summed E-state index contributed by atoms with van der Waals surface area (Å²) in [5.41, 5.74) is 1.11. The molecule has 1 aromatic heterocycles. The quantitative estimate of drug-likeness (QED) is 0.768. The molecule has 0 unspecified atom stereocenters. The number of anilines is 1. The highest BCUT2D eigenvalue weighted by Gasteiger charge is 2.00. The predicted octanol–water partition coefficient (Wildman–Crippen LogP) is 2.03. The van der Waals surface area contributed by atoms with Gasteiger partial charge < -0.3 is 5.32 Å². The molecule has 0 aliphatic heterocycles. The van der Waals surface area contributed by atoms with Gasteiger partial charge in [-0.1, -0.05) is 13.8 Å². The van der Waals surface area contributed by atoms with E-state index in [2.05, 4.69) is 29.1 Å². The lowest BCUT2D eigenvalue weighted by atomic mass is 10.2. The fourth-order valence-electron chi connectivity index (χ4n) is 1.20. The topological polar surface area (TPSA) is 37.8 Å². The van der Waals surface area contributed by atoms with Gasteiger partial charge in [0.25, 0.3) is 0 Å². The molecule has 1 rings (SSSR count). The first kappa shape index (κ1) is 9.96. The second-order valence-corrected chi connectivity index (χ2v) is 3.01. The van der Waals surface area contributed by atoms with E-state index < -0.39 is 0 Å². The van der Waals surface area contributed by atoms with Gasteiger partial charge in [-0.05, 0) is 12.8 Å². The number of hydrogen-bond donors (Lipinski definition) is 1. The summed E-state index contributed by atoms with van der Waals surface area (Å²) in [6.45, 7) is 4.25. The Hall–Kier alpha value is -1.12. The Kier molecular flexibility index (Phi) is 3.68. The van der Waals surface area contributed by atoms with Gasteiger partial charge in [0.1, 0.15) is 11.6 Å². The Morgan fingerprint density at radius 3 is 2.62 bits per heavy atom. The molecule has 0 amide bonds. The van der Waals surface area contributed by atoms with Crippen LogP contribution in [0.4, 0.5) is 5.82 Å². The standard InChI is InChI=1S/C10H17N3/c1-4-6-9-12-8(5-2)7-10(11-3)13-9/h7H,4-6H2,1-3H3,(H,11,12,13). The van der Waals surface area contributed by atoms with E-state index >= 15 is 0 Å². The molecule has 0 aromatic carbocycles. The van der Waals surface area contributed by atoms with Gasteiger partial charge in [0.2, 0.25) is 0 Å². The van der Waals surface area contributed by atoms with Crippen molar-refractivity contribution >= 4 is 5.82 Å². The lowest BCUT2D eigenvalue weighted by Crippen LogP contribution is -2.02. The first-order valence-corrected chi connectivity index (χ1v) is 4.84. The molecule has 3 nitrogen and oxygen atoms in total. The molecule has 0 saturated heterocycles. The molecule has 72 valence electrons. The largest absolute Gasteiger partial charge is 0.373 e. The van der Waals surface area contributed by atoms with Gasteiger partial charge in [-0.15, -0.1) is 0 Å². The molecule has 1 N–H and O–H groups in total. The molecule has 0 spiro atoms. The first-order valence-electron chi connectivity index (χ1n) is 4.84. The van der Waals surface area contributed by atoms with Crippen molar-refractivity contribution in [2.75, 3.05) is 12.4 Å². The molecule has 0 fully saturated rings. The molecule has 0 aliphatic rings. The van der Waals surface area contributed by atoms with E-state index in [9.17, 15) is 0 Å². The van der Waals surface area contributed by atoms with Crippen LogP contribution < -0.4 is 5.32 Å². The fraction of sp³-hybridized carbons (Fsp3) is 0.600. The zero-order valence-electron chi connectivity index (χ0n) is 8.59. The van der Waals surface area contributed by atoms with Crippen LogP contribution >= 0.6 is 0 Å². The summed E-state index contributed by atoms with van der Waals surface area (Å²) in [6, 6.07) is 2.00. The van der Waals surface area contributed by atoms with Crippen LogP contribution in [0.15, 0.2) is 6.07 Å². The maximum Gasteiger partial charge on any atom is 0.130 e. The van der Waals surface area contributed by atoms with Gasteiger partial charge >= 0.3 is 0 Å². The summed E-state index contributed by atoms with van der Waals surface area (Å²) in [6.07, 6.45) is 3.02. The van der Waals surface area contributed by atoms with Gasteiger partial charge in [0.05, 0.1) is 0 Å². The number of nitrogens with zero attached hydrogens (tertiary/aromatic N) is 2. The average Bonchev–Trinajstić information content (AvgIpc) is 2.17. The number of nitrogens with one attached hydrogen (secondary N) is 1. The molecule has 0 atom stereocenters. The summed E-state index contributed by atoms with van der Waals surface area (Å²) in [5.74, 6) is 1.88. The first-order chi connectivity index (χ1) is 6.30. The van der Waals surface area contributed by atoms with E-state index in [1.807, 2.05) is 13.1 Å². The Morgan fingerprint density at radius 1 is 1.31 bits per heavy atom. The summed E-state index contributed by atoms with van der Waals surface area (Å²) in [7, 11) is 1.89. The van der Waals surface area contributed by atoms with Crippen molar-refractivity contribution in [3.05, 3.63) is 17.6 Å². The SMILES string of the molecule is CCCc1nc(CC)cc(NC)n1. The highest BCUT2D eigenvalue weighted by atomic mass is 15.0. The second-order valence-electron chi connectivity index (χ2n) is 3.01. The highest BCUT2D eigenvalue weighted by Crippen LogP contribution is 2.07. The monoisotopic (exact) mass is 179 g/mol. The maximum atomic E-state index is 4.44. The van der Waals surface area contributed by atoms with Crippen molar-refractivity contribution in [1.29, 1.82) is 0 Å². The van der Waals surface area contributed by atoms with Crippen LogP contribution in [-0.2, 0) is 12.8 Å². The van der Waals surface area contributed by atoms with Gasteiger partial charge in [-0.2, -0.15) is 0 Å². The third kappa shape index (κ3) is 2.68. The Labute approximate surface area is 79.6 Å². The van der Waals surface area contributed by atoms with Gasteiger partial charge in [0.15, 0.2) is 0 Å². The van der Waals surface area contributed by atoms with Gasteiger partial charge in [-0.3, -0.25) is 0 Å². The number of rotatable bonds is 4. The highest BCUT2D eigenvalue weighted by molar-refractivity contribution is 5.35. The average molecular weight is 179 g/mol. The van der Waals surface area contributed by atoms with Crippen molar-refractivity contribution in [3.8, 4) is 0 Å². The van der Waals surface area contributed by atoms with E-state index in [0.29, 0.717) is 0 Å².